The van der Waals surface area contributed by atoms with Crippen LogP contribution < -0.4 is 5.73 Å². The van der Waals surface area contributed by atoms with Crippen LogP contribution in [0.2, 0.25) is 0 Å². The molecule has 1 aliphatic heterocycles. The lowest BCUT2D eigenvalue weighted by Crippen LogP contribution is -2.46. The Morgan fingerprint density at radius 2 is 1.47 bits per heavy atom. The lowest BCUT2D eigenvalue weighted by atomic mass is 9.89. The molecule has 2 rings (SSSR count). The van der Waals surface area contributed by atoms with Crippen molar-refractivity contribution in [2.45, 2.75) is 76.7 Å². The molecule has 1 atom stereocenters. The van der Waals surface area contributed by atoms with Crippen LogP contribution in [0.25, 0.3) is 0 Å². The number of nitrogens with zero attached hydrogens (tertiary/aromatic N) is 1. The van der Waals surface area contributed by atoms with Gasteiger partial charge < -0.3 is 10.6 Å². The topological polar surface area (TPSA) is 46.3 Å². The fourth-order valence-corrected chi connectivity index (χ4v) is 3.65. The first kappa shape index (κ1) is 14.8. The van der Waals surface area contributed by atoms with E-state index in [1.165, 1.54) is 44.9 Å². The van der Waals surface area contributed by atoms with Crippen molar-refractivity contribution in [1.82, 2.24) is 4.90 Å². The third-order valence-electron chi connectivity index (χ3n) is 4.89. The maximum atomic E-state index is 12.8. The molecule has 1 aliphatic carbocycles. The lowest BCUT2D eigenvalue weighted by molar-refractivity contribution is -0.138. The van der Waals surface area contributed by atoms with Crippen LogP contribution in [0.4, 0.5) is 0 Å². The zero-order valence-electron chi connectivity index (χ0n) is 12.3. The first-order valence-corrected chi connectivity index (χ1v) is 8.33. The van der Waals surface area contributed by atoms with Gasteiger partial charge in [0.05, 0.1) is 0 Å². The third-order valence-corrected chi connectivity index (χ3v) is 4.89. The van der Waals surface area contributed by atoms with Crippen LogP contribution in [0.1, 0.15) is 70.6 Å². The predicted molar refractivity (Wildman–Crippen MR) is 78.8 cm³/mol. The standard InChI is InChI=1S/C16H30N2O/c17-13-15-11-7-4-8-12-18(15)16(19)14-9-5-2-1-3-6-10-14/h14-15H,1-13,17H2. The lowest BCUT2D eigenvalue weighted by Gasteiger charge is -2.33. The molecule has 1 unspecified atom stereocenters. The molecule has 3 nitrogen and oxygen atoms in total. The molecule has 1 heterocycles. The smallest absolute Gasteiger partial charge is 0.225 e. The zero-order valence-corrected chi connectivity index (χ0v) is 12.3. The fourth-order valence-electron chi connectivity index (χ4n) is 3.65. The van der Waals surface area contributed by atoms with Crippen molar-refractivity contribution in [1.29, 1.82) is 0 Å². The number of hydrogen-bond acceptors (Lipinski definition) is 2. The molecule has 0 bridgehead atoms. The van der Waals surface area contributed by atoms with Gasteiger partial charge in [-0.1, -0.05) is 44.9 Å². The summed E-state index contributed by atoms with van der Waals surface area (Å²) in [5.74, 6) is 0.701. The van der Waals surface area contributed by atoms with Crippen LogP contribution in [0, 0.1) is 5.92 Å². The second kappa shape index (κ2) is 7.88. The summed E-state index contributed by atoms with van der Waals surface area (Å²) in [4.78, 5) is 14.9. The van der Waals surface area contributed by atoms with Gasteiger partial charge in [0.2, 0.25) is 5.91 Å². The summed E-state index contributed by atoms with van der Waals surface area (Å²) in [5, 5.41) is 0. The molecule has 3 heteroatoms. The Kier molecular flexibility index (Phi) is 6.15. The van der Waals surface area contributed by atoms with E-state index in [0.717, 1.165) is 32.2 Å². The normalized spacial score (nSPS) is 27.4. The highest BCUT2D eigenvalue weighted by Gasteiger charge is 2.29. The van der Waals surface area contributed by atoms with Gasteiger partial charge in [-0.15, -0.1) is 0 Å². The van der Waals surface area contributed by atoms with Crippen LogP contribution in [-0.4, -0.2) is 29.9 Å². The van der Waals surface area contributed by atoms with E-state index in [4.69, 9.17) is 5.73 Å². The van der Waals surface area contributed by atoms with Crippen molar-refractivity contribution in [2.75, 3.05) is 13.1 Å². The Balaban J connectivity index is 1.97. The molecule has 2 N–H and O–H groups in total. The molecule has 2 fully saturated rings. The number of carbonyl (C=O) groups excluding carboxylic acids is 1. The summed E-state index contributed by atoms with van der Waals surface area (Å²) >= 11 is 0. The van der Waals surface area contributed by atoms with Gasteiger partial charge in [0, 0.05) is 25.0 Å². The van der Waals surface area contributed by atoms with Gasteiger partial charge in [-0.3, -0.25) is 4.79 Å². The highest BCUT2D eigenvalue weighted by atomic mass is 16.2. The minimum absolute atomic E-state index is 0.285. The van der Waals surface area contributed by atoms with Crippen molar-refractivity contribution >= 4 is 5.91 Å². The van der Waals surface area contributed by atoms with Crippen LogP contribution in [0.5, 0.6) is 0 Å². The Bertz CT molecular complexity index is 272. The number of rotatable bonds is 2. The van der Waals surface area contributed by atoms with Gasteiger partial charge in [0.25, 0.3) is 0 Å². The zero-order chi connectivity index (χ0) is 13.5. The molecule has 1 saturated heterocycles. The number of carbonyl (C=O) groups is 1. The summed E-state index contributed by atoms with van der Waals surface area (Å²) < 4.78 is 0. The number of nitrogens with two attached hydrogens (primary N) is 1. The molecule has 0 aromatic heterocycles. The van der Waals surface area contributed by atoms with E-state index in [-0.39, 0.29) is 5.92 Å². The SMILES string of the molecule is NCC1CCCCCN1C(=O)C1CCCCCCC1. The maximum absolute atomic E-state index is 12.8. The van der Waals surface area contributed by atoms with Crippen LogP contribution in [0.15, 0.2) is 0 Å². The molecule has 0 aromatic carbocycles. The summed E-state index contributed by atoms with van der Waals surface area (Å²) in [7, 11) is 0. The summed E-state index contributed by atoms with van der Waals surface area (Å²) in [5.41, 5.74) is 5.89. The molecule has 19 heavy (non-hydrogen) atoms. The highest BCUT2D eigenvalue weighted by Crippen LogP contribution is 2.26. The summed E-state index contributed by atoms with van der Waals surface area (Å²) in [6, 6.07) is 0.306. The quantitative estimate of drug-likeness (QED) is 0.835. The average molecular weight is 266 g/mol. The number of amides is 1. The van der Waals surface area contributed by atoms with Gasteiger partial charge in [-0.25, -0.2) is 0 Å². The van der Waals surface area contributed by atoms with Crippen LogP contribution >= 0.6 is 0 Å². The van der Waals surface area contributed by atoms with E-state index in [1.807, 2.05) is 0 Å². The summed E-state index contributed by atoms with van der Waals surface area (Å²) in [6.45, 7) is 1.58. The minimum atomic E-state index is 0.285. The summed E-state index contributed by atoms with van der Waals surface area (Å²) in [6.07, 6.45) is 13.4. The molecule has 0 radical (unpaired) electrons. The van der Waals surface area contributed by atoms with Crippen molar-refractivity contribution in [3.8, 4) is 0 Å². The van der Waals surface area contributed by atoms with Gasteiger partial charge in [-0.05, 0) is 25.7 Å². The largest absolute Gasteiger partial charge is 0.338 e. The van der Waals surface area contributed by atoms with Crippen molar-refractivity contribution in [3.63, 3.8) is 0 Å². The third kappa shape index (κ3) is 4.20. The van der Waals surface area contributed by atoms with Gasteiger partial charge in [0.1, 0.15) is 0 Å². The fraction of sp³-hybridized carbons (Fsp3) is 0.938. The molecular formula is C16H30N2O. The number of likely N-dealkylation sites (tertiary alicyclic amines) is 1. The predicted octanol–water partition coefficient (Wildman–Crippen LogP) is 3.08. The van der Waals surface area contributed by atoms with Crippen molar-refractivity contribution < 1.29 is 4.79 Å². The van der Waals surface area contributed by atoms with Gasteiger partial charge in [-0.2, -0.15) is 0 Å². The Labute approximate surface area is 117 Å². The highest BCUT2D eigenvalue weighted by molar-refractivity contribution is 5.79. The second-order valence-electron chi connectivity index (χ2n) is 6.31. The first-order valence-electron chi connectivity index (χ1n) is 8.33. The van der Waals surface area contributed by atoms with Crippen molar-refractivity contribution in [2.24, 2.45) is 11.7 Å². The molecule has 1 saturated carbocycles. The molecule has 0 spiro atoms. The number of hydrogen-bond donors (Lipinski definition) is 1. The minimum Gasteiger partial charge on any atom is -0.338 e. The van der Waals surface area contributed by atoms with E-state index in [9.17, 15) is 4.79 Å². The van der Waals surface area contributed by atoms with E-state index in [1.54, 1.807) is 0 Å². The van der Waals surface area contributed by atoms with Crippen LogP contribution in [-0.2, 0) is 4.79 Å². The molecule has 1 amide bonds. The Morgan fingerprint density at radius 1 is 0.895 bits per heavy atom. The molecule has 0 aromatic rings. The molecular weight excluding hydrogens is 236 g/mol. The monoisotopic (exact) mass is 266 g/mol. The van der Waals surface area contributed by atoms with Gasteiger partial charge >= 0.3 is 0 Å². The van der Waals surface area contributed by atoms with Crippen LogP contribution in [0.3, 0.4) is 0 Å². The Morgan fingerprint density at radius 3 is 2.16 bits per heavy atom. The van der Waals surface area contributed by atoms with E-state index < -0.39 is 0 Å². The van der Waals surface area contributed by atoms with E-state index >= 15 is 0 Å². The Hall–Kier alpha value is -0.570. The average Bonchev–Trinajstić information content (AvgIpc) is 2.62. The first-order chi connectivity index (χ1) is 9.33. The van der Waals surface area contributed by atoms with Crippen molar-refractivity contribution in [3.05, 3.63) is 0 Å². The van der Waals surface area contributed by atoms with E-state index in [0.29, 0.717) is 18.5 Å². The maximum Gasteiger partial charge on any atom is 0.225 e. The van der Waals surface area contributed by atoms with E-state index in [2.05, 4.69) is 4.90 Å². The van der Waals surface area contributed by atoms with Gasteiger partial charge in [0.15, 0.2) is 0 Å². The second-order valence-corrected chi connectivity index (χ2v) is 6.31. The molecule has 110 valence electrons. The molecule has 2 aliphatic rings.